The van der Waals surface area contributed by atoms with Gasteiger partial charge in [-0.15, -0.1) is 0 Å². The molecule has 110 valence electrons. The zero-order valence-electron chi connectivity index (χ0n) is 12.2. The Morgan fingerprint density at radius 1 is 1.35 bits per heavy atom. The first-order valence-corrected chi connectivity index (χ1v) is 6.52. The van der Waals surface area contributed by atoms with Crippen molar-refractivity contribution in [2.75, 3.05) is 11.4 Å². The quantitative estimate of drug-likeness (QED) is 0.639. The Morgan fingerprint density at radius 3 is 2.35 bits per heavy atom. The molecular formula is C14H20N2O4. The van der Waals surface area contributed by atoms with Crippen molar-refractivity contribution in [3.63, 3.8) is 0 Å². The van der Waals surface area contributed by atoms with E-state index in [2.05, 4.69) is 0 Å². The van der Waals surface area contributed by atoms with Crippen LogP contribution in [0.2, 0.25) is 0 Å². The molecule has 0 spiro atoms. The molecule has 0 fully saturated rings. The number of carbonyl (C=O) groups is 1. The third kappa shape index (κ3) is 3.69. The minimum Gasteiger partial charge on any atom is -0.478 e. The van der Waals surface area contributed by atoms with Crippen LogP contribution < -0.4 is 4.90 Å². The second-order valence-corrected chi connectivity index (χ2v) is 5.40. The van der Waals surface area contributed by atoms with Crippen LogP contribution in [0, 0.1) is 16.0 Å². The summed E-state index contributed by atoms with van der Waals surface area (Å²) in [5, 5.41) is 20.1. The summed E-state index contributed by atoms with van der Waals surface area (Å²) < 4.78 is 0. The first-order valence-electron chi connectivity index (χ1n) is 6.52. The van der Waals surface area contributed by atoms with Gasteiger partial charge in [0, 0.05) is 24.7 Å². The number of hydrogen-bond acceptors (Lipinski definition) is 4. The van der Waals surface area contributed by atoms with Crippen molar-refractivity contribution in [3.05, 3.63) is 33.9 Å². The number of hydrogen-bond donors (Lipinski definition) is 1. The molecular weight excluding hydrogens is 260 g/mol. The van der Waals surface area contributed by atoms with E-state index in [0.717, 1.165) is 6.07 Å². The molecule has 0 aliphatic rings. The maximum Gasteiger partial charge on any atom is 0.338 e. The van der Waals surface area contributed by atoms with Crippen molar-refractivity contribution in [3.8, 4) is 0 Å². The Hall–Kier alpha value is -2.11. The van der Waals surface area contributed by atoms with Crippen molar-refractivity contribution in [1.82, 2.24) is 0 Å². The van der Waals surface area contributed by atoms with Gasteiger partial charge in [0.05, 0.1) is 16.2 Å². The predicted octanol–water partition coefficient (Wildman–Crippen LogP) is 3.16. The zero-order chi connectivity index (χ0) is 15.4. The third-order valence-electron chi connectivity index (χ3n) is 2.92. The van der Waals surface area contributed by atoms with Gasteiger partial charge >= 0.3 is 5.97 Å². The molecule has 6 nitrogen and oxygen atoms in total. The molecule has 6 heteroatoms. The van der Waals surface area contributed by atoms with Gasteiger partial charge in [-0.3, -0.25) is 10.1 Å². The van der Waals surface area contributed by atoms with E-state index in [1.54, 1.807) is 0 Å². The number of non-ortho nitro benzene ring substituents is 1. The summed E-state index contributed by atoms with van der Waals surface area (Å²) in [5.74, 6) is -0.799. The summed E-state index contributed by atoms with van der Waals surface area (Å²) >= 11 is 0. The van der Waals surface area contributed by atoms with Crippen molar-refractivity contribution in [2.45, 2.75) is 33.7 Å². The highest BCUT2D eigenvalue weighted by molar-refractivity contribution is 5.95. The van der Waals surface area contributed by atoms with Crippen molar-refractivity contribution in [1.29, 1.82) is 0 Å². The summed E-state index contributed by atoms with van der Waals surface area (Å²) in [4.78, 5) is 23.5. The number of nitro benzene ring substituents is 1. The van der Waals surface area contributed by atoms with E-state index in [-0.39, 0.29) is 17.3 Å². The van der Waals surface area contributed by atoms with Crippen LogP contribution in [-0.4, -0.2) is 28.6 Å². The van der Waals surface area contributed by atoms with Crippen LogP contribution in [0.3, 0.4) is 0 Å². The van der Waals surface area contributed by atoms with E-state index < -0.39 is 10.9 Å². The highest BCUT2D eigenvalue weighted by atomic mass is 16.6. The maximum atomic E-state index is 11.4. The SMILES string of the molecule is CC(C)CN(c1ccc([N+](=O)[O-])cc1C(=O)O)C(C)C. The average molecular weight is 280 g/mol. The number of nitrogens with zero attached hydrogens (tertiary/aromatic N) is 2. The molecule has 0 heterocycles. The lowest BCUT2D eigenvalue weighted by atomic mass is 10.1. The van der Waals surface area contributed by atoms with Crippen LogP contribution >= 0.6 is 0 Å². The van der Waals surface area contributed by atoms with Crippen LogP contribution in [0.25, 0.3) is 0 Å². The molecule has 1 N–H and O–H groups in total. The number of aromatic carboxylic acids is 1. The summed E-state index contributed by atoms with van der Waals surface area (Å²) in [5.41, 5.74) is 0.278. The highest BCUT2D eigenvalue weighted by Crippen LogP contribution is 2.27. The van der Waals surface area contributed by atoms with E-state index >= 15 is 0 Å². The van der Waals surface area contributed by atoms with Gasteiger partial charge in [0.25, 0.3) is 5.69 Å². The van der Waals surface area contributed by atoms with Crippen LogP contribution in [0.15, 0.2) is 18.2 Å². The van der Waals surface area contributed by atoms with Crippen LogP contribution in [0.1, 0.15) is 38.1 Å². The highest BCUT2D eigenvalue weighted by Gasteiger charge is 2.22. The Morgan fingerprint density at radius 2 is 1.95 bits per heavy atom. The van der Waals surface area contributed by atoms with Gasteiger partial charge in [-0.1, -0.05) is 13.8 Å². The van der Waals surface area contributed by atoms with Gasteiger partial charge in [-0.2, -0.15) is 0 Å². The molecule has 0 aromatic heterocycles. The molecule has 0 saturated carbocycles. The van der Waals surface area contributed by atoms with Crippen molar-refractivity contribution < 1.29 is 14.8 Å². The molecule has 20 heavy (non-hydrogen) atoms. The standard InChI is InChI=1S/C14H20N2O4/c1-9(2)8-15(10(3)4)13-6-5-11(16(19)20)7-12(13)14(17)18/h5-7,9-10H,8H2,1-4H3,(H,17,18). The smallest absolute Gasteiger partial charge is 0.338 e. The monoisotopic (exact) mass is 280 g/mol. The fourth-order valence-corrected chi connectivity index (χ4v) is 2.04. The maximum absolute atomic E-state index is 11.4. The normalized spacial score (nSPS) is 10.9. The Balaban J connectivity index is 3.33. The zero-order valence-corrected chi connectivity index (χ0v) is 12.2. The van der Waals surface area contributed by atoms with Gasteiger partial charge in [0.15, 0.2) is 0 Å². The predicted molar refractivity (Wildman–Crippen MR) is 77.4 cm³/mol. The van der Waals surface area contributed by atoms with E-state index in [0.29, 0.717) is 18.2 Å². The minimum absolute atomic E-state index is 0.0337. The van der Waals surface area contributed by atoms with Gasteiger partial charge < -0.3 is 10.0 Å². The van der Waals surface area contributed by atoms with Gasteiger partial charge in [0.1, 0.15) is 0 Å². The Labute approximate surface area is 118 Å². The molecule has 0 aliphatic heterocycles. The van der Waals surface area contributed by atoms with E-state index in [1.165, 1.54) is 12.1 Å². The van der Waals surface area contributed by atoms with Crippen LogP contribution in [0.5, 0.6) is 0 Å². The lowest BCUT2D eigenvalue weighted by molar-refractivity contribution is -0.384. The van der Waals surface area contributed by atoms with Gasteiger partial charge in [0.2, 0.25) is 0 Å². The Kier molecular flexibility index (Phi) is 5.07. The van der Waals surface area contributed by atoms with Crippen LogP contribution in [-0.2, 0) is 0 Å². The Bertz CT molecular complexity index is 512. The lowest BCUT2D eigenvalue weighted by Crippen LogP contribution is -2.35. The second-order valence-electron chi connectivity index (χ2n) is 5.40. The lowest BCUT2D eigenvalue weighted by Gasteiger charge is -2.31. The molecule has 0 bridgehead atoms. The second kappa shape index (κ2) is 6.36. The van der Waals surface area contributed by atoms with Crippen molar-refractivity contribution >= 4 is 17.3 Å². The molecule has 1 rings (SSSR count). The third-order valence-corrected chi connectivity index (χ3v) is 2.92. The largest absolute Gasteiger partial charge is 0.478 e. The molecule has 0 radical (unpaired) electrons. The molecule has 1 aromatic rings. The molecule has 0 aliphatic carbocycles. The van der Waals surface area contributed by atoms with Crippen LogP contribution in [0.4, 0.5) is 11.4 Å². The molecule has 0 atom stereocenters. The average Bonchev–Trinajstić information content (AvgIpc) is 2.34. The summed E-state index contributed by atoms with van der Waals surface area (Å²) in [7, 11) is 0. The summed E-state index contributed by atoms with van der Waals surface area (Å²) in [6, 6.07) is 4.09. The fourth-order valence-electron chi connectivity index (χ4n) is 2.04. The van der Waals surface area contributed by atoms with E-state index in [9.17, 15) is 20.0 Å². The first kappa shape index (κ1) is 15.9. The van der Waals surface area contributed by atoms with E-state index in [4.69, 9.17) is 0 Å². The minimum atomic E-state index is -1.15. The number of carboxylic acids is 1. The number of nitro groups is 1. The topological polar surface area (TPSA) is 83.7 Å². The summed E-state index contributed by atoms with van der Waals surface area (Å²) in [6.45, 7) is 8.71. The molecule has 0 unspecified atom stereocenters. The van der Waals surface area contributed by atoms with Gasteiger partial charge in [-0.05, 0) is 25.8 Å². The molecule has 0 amide bonds. The van der Waals surface area contributed by atoms with Crippen molar-refractivity contribution in [2.24, 2.45) is 5.92 Å². The summed E-state index contributed by atoms with van der Waals surface area (Å²) in [6.07, 6.45) is 0. The number of carboxylic acid groups (broad SMARTS) is 1. The first-order chi connectivity index (χ1) is 9.23. The van der Waals surface area contributed by atoms with E-state index in [1.807, 2.05) is 32.6 Å². The molecule has 1 aromatic carbocycles. The fraction of sp³-hybridized carbons (Fsp3) is 0.500. The molecule has 0 saturated heterocycles. The van der Waals surface area contributed by atoms with Gasteiger partial charge in [-0.25, -0.2) is 4.79 Å². The number of anilines is 1. The number of rotatable bonds is 6. The number of benzene rings is 1.